The van der Waals surface area contributed by atoms with Crippen LogP contribution in [0.2, 0.25) is 0 Å². The van der Waals surface area contributed by atoms with E-state index in [1.54, 1.807) is 23.1 Å². The number of nitrogens with two attached hydrogens (primary N) is 1. The monoisotopic (exact) mass is 508 g/mol. The lowest BCUT2D eigenvalue weighted by Gasteiger charge is -2.23. The molecule has 0 radical (unpaired) electrons. The van der Waals surface area contributed by atoms with Crippen molar-refractivity contribution in [2.75, 3.05) is 49.6 Å². The normalized spacial score (nSPS) is 25.5. The highest BCUT2D eigenvalue weighted by Crippen LogP contribution is 2.36. The summed E-state index contributed by atoms with van der Waals surface area (Å²) in [7, 11) is 1.79. The predicted molar refractivity (Wildman–Crippen MR) is 143 cm³/mol. The quantitative estimate of drug-likeness (QED) is 0.578. The number of benzene rings is 1. The van der Waals surface area contributed by atoms with Crippen LogP contribution in [0.5, 0.6) is 0 Å². The van der Waals surface area contributed by atoms with E-state index < -0.39 is 0 Å². The molecule has 0 spiro atoms. The van der Waals surface area contributed by atoms with Crippen molar-refractivity contribution >= 4 is 47.1 Å². The van der Waals surface area contributed by atoms with Crippen molar-refractivity contribution in [3.05, 3.63) is 47.7 Å². The molecule has 190 valence electrons. The number of amides is 3. The van der Waals surface area contributed by atoms with Gasteiger partial charge in [0.25, 0.3) is 0 Å². The lowest BCUT2D eigenvalue weighted by Crippen LogP contribution is -2.37. The van der Waals surface area contributed by atoms with Gasteiger partial charge in [0.15, 0.2) is 0 Å². The van der Waals surface area contributed by atoms with E-state index in [1.165, 1.54) is 11.8 Å². The molecule has 1 aromatic rings. The lowest BCUT2D eigenvalue weighted by molar-refractivity contribution is -0.120. The smallest absolute Gasteiger partial charge is 0.240 e. The van der Waals surface area contributed by atoms with Crippen molar-refractivity contribution in [1.29, 1.82) is 0 Å². The van der Waals surface area contributed by atoms with Gasteiger partial charge in [-0.25, -0.2) is 0 Å². The van der Waals surface area contributed by atoms with Gasteiger partial charge in [-0.3, -0.25) is 24.3 Å². The van der Waals surface area contributed by atoms with Crippen LogP contribution < -0.4 is 20.9 Å². The van der Waals surface area contributed by atoms with Crippen LogP contribution in [0.1, 0.15) is 19.3 Å². The van der Waals surface area contributed by atoms with Crippen molar-refractivity contribution in [2.24, 2.45) is 16.6 Å². The molecule has 36 heavy (non-hydrogen) atoms. The minimum atomic E-state index is -0.310. The summed E-state index contributed by atoms with van der Waals surface area (Å²) in [5, 5.41) is 2.63. The highest BCUT2D eigenvalue weighted by atomic mass is 32.2. The average molecular weight is 509 g/mol. The Hall–Kier alpha value is -3.11. The Morgan fingerprint density at radius 1 is 1.22 bits per heavy atom. The van der Waals surface area contributed by atoms with Gasteiger partial charge in [0.05, 0.1) is 6.54 Å². The van der Waals surface area contributed by atoms with Crippen LogP contribution in [0.25, 0.3) is 0 Å². The second-order valence-electron chi connectivity index (χ2n) is 9.77. The molecule has 9 nitrogen and oxygen atoms in total. The first-order valence-electron chi connectivity index (χ1n) is 12.4. The van der Waals surface area contributed by atoms with Gasteiger partial charge in [0.2, 0.25) is 17.7 Å². The van der Waals surface area contributed by atoms with Gasteiger partial charge in [0.1, 0.15) is 10.6 Å². The third-order valence-electron chi connectivity index (χ3n) is 7.11. The number of thioether (sulfide) groups is 1. The molecule has 0 bridgehead atoms. The number of carbonyl (C=O) groups is 3. The van der Waals surface area contributed by atoms with Gasteiger partial charge in [-0.05, 0) is 61.8 Å². The molecule has 5 rings (SSSR count). The summed E-state index contributed by atoms with van der Waals surface area (Å²) >= 11 is 1.49. The molecule has 2 fully saturated rings. The SMILES string of the molecule is CN(C(=O)CN1CCCC1)c1ccc(N2CC(CNC(=O)C3C=C4C=C(N)C=NC4S3)CC2=O)cc1. The summed E-state index contributed by atoms with van der Waals surface area (Å²) in [5.74, 6) is 0.0832. The number of aliphatic imine (C=N–C) groups is 1. The Balaban J connectivity index is 1.12. The summed E-state index contributed by atoms with van der Waals surface area (Å²) in [6, 6.07) is 7.54. The number of likely N-dealkylation sites (tertiary alicyclic amines) is 1. The Labute approximate surface area is 215 Å². The third kappa shape index (κ3) is 5.34. The van der Waals surface area contributed by atoms with E-state index in [9.17, 15) is 14.4 Å². The molecule has 2 saturated heterocycles. The first kappa shape index (κ1) is 24.6. The second-order valence-corrected chi connectivity index (χ2v) is 11.0. The molecule has 3 amide bonds. The first-order chi connectivity index (χ1) is 17.4. The number of nitrogens with one attached hydrogen (secondary N) is 1. The van der Waals surface area contributed by atoms with Crippen LogP contribution in [-0.4, -0.2) is 79.2 Å². The van der Waals surface area contributed by atoms with Crippen molar-refractivity contribution in [1.82, 2.24) is 10.2 Å². The molecule has 4 aliphatic rings. The predicted octanol–water partition coefficient (Wildman–Crippen LogP) is 1.51. The van der Waals surface area contributed by atoms with Crippen LogP contribution in [0.4, 0.5) is 11.4 Å². The minimum Gasteiger partial charge on any atom is -0.397 e. The van der Waals surface area contributed by atoms with E-state index in [2.05, 4.69) is 15.2 Å². The van der Waals surface area contributed by atoms with E-state index in [1.807, 2.05) is 36.4 Å². The third-order valence-corrected chi connectivity index (χ3v) is 8.40. The van der Waals surface area contributed by atoms with E-state index in [-0.39, 0.29) is 34.3 Å². The number of nitrogens with zero attached hydrogens (tertiary/aromatic N) is 4. The van der Waals surface area contributed by atoms with E-state index in [0.29, 0.717) is 31.8 Å². The average Bonchev–Trinajstić information content (AvgIpc) is 3.62. The summed E-state index contributed by atoms with van der Waals surface area (Å²) in [5.41, 5.74) is 8.97. The zero-order valence-electron chi connectivity index (χ0n) is 20.4. The Kier molecular flexibility index (Phi) is 7.15. The molecule has 0 saturated carbocycles. The van der Waals surface area contributed by atoms with E-state index in [0.717, 1.165) is 42.9 Å². The minimum absolute atomic E-state index is 0.0405. The molecule has 4 aliphatic heterocycles. The highest BCUT2D eigenvalue weighted by Gasteiger charge is 2.34. The molecule has 4 heterocycles. The number of anilines is 2. The van der Waals surface area contributed by atoms with Gasteiger partial charge in [-0.1, -0.05) is 6.08 Å². The van der Waals surface area contributed by atoms with Gasteiger partial charge < -0.3 is 20.9 Å². The molecule has 1 aromatic carbocycles. The van der Waals surface area contributed by atoms with Crippen molar-refractivity contribution in [3.8, 4) is 0 Å². The highest BCUT2D eigenvalue weighted by molar-refractivity contribution is 8.01. The number of likely N-dealkylation sites (N-methyl/N-ethyl adjacent to an activating group) is 1. The Morgan fingerprint density at radius 3 is 2.72 bits per heavy atom. The van der Waals surface area contributed by atoms with Gasteiger partial charge in [-0.2, -0.15) is 0 Å². The topological polar surface area (TPSA) is 111 Å². The number of allylic oxidation sites excluding steroid dienone is 1. The number of hydrogen-bond donors (Lipinski definition) is 2. The van der Waals surface area contributed by atoms with Crippen molar-refractivity contribution < 1.29 is 14.4 Å². The standard InChI is InChI=1S/C26H32N6O3S/c1-30(24(34)16-31-8-2-3-9-31)20-4-6-21(7-5-20)32-15-17(10-23(32)33)13-28-25(35)22-12-18-11-19(27)14-29-26(18)36-22/h4-7,11-12,14,17,22,26H,2-3,8-10,13,15-16,27H2,1H3,(H,28,35). The van der Waals surface area contributed by atoms with Crippen LogP contribution in [-0.2, 0) is 14.4 Å². The molecule has 0 aliphatic carbocycles. The molecule has 3 unspecified atom stereocenters. The van der Waals surface area contributed by atoms with Crippen LogP contribution in [0, 0.1) is 5.92 Å². The van der Waals surface area contributed by atoms with E-state index >= 15 is 0 Å². The zero-order valence-corrected chi connectivity index (χ0v) is 21.2. The number of carbonyl (C=O) groups excluding carboxylic acids is 3. The second kappa shape index (κ2) is 10.5. The zero-order chi connectivity index (χ0) is 25.2. The largest absolute Gasteiger partial charge is 0.397 e. The molecule has 10 heteroatoms. The summed E-state index contributed by atoms with van der Waals surface area (Å²) < 4.78 is 0. The molecule has 0 aromatic heterocycles. The summed E-state index contributed by atoms with van der Waals surface area (Å²) in [4.78, 5) is 48.0. The molecular weight excluding hydrogens is 476 g/mol. The maximum absolute atomic E-state index is 12.7. The first-order valence-corrected chi connectivity index (χ1v) is 13.4. The van der Waals surface area contributed by atoms with Crippen LogP contribution in [0.3, 0.4) is 0 Å². The van der Waals surface area contributed by atoms with Crippen molar-refractivity contribution in [2.45, 2.75) is 29.9 Å². The summed E-state index contributed by atoms with van der Waals surface area (Å²) in [6.45, 7) is 3.39. The maximum atomic E-state index is 12.7. The number of hydrogen-bond acceptors (Lipinski definition) is 7. The van der Waals surface area contributed by atoms with Gasteiger partial charge in [-0.15, -0.1) is 11.8 Å². The van der Waals surface area contributed by atoms with Crippen LogP contribution >= 0.6 is 11.8 Å². The molecular formula is C26H32N6O3S. The van der Waals surface area contributed by atoms with E-state index in [4.69, 9.17) is 5.73 Å². The number of fused-ring (bicyclic) bond motifs is 1. The fraction of sp³-hybridized carbons (Fsp3) is 0.462. The summed E-state index contributed by atoms with van der Waals surface area (Å²) in [6.07, 6.45) is 8.10. The maximum Gasteiger partial charge on any atom is 0.240 e. The number of rotatable bonds is 7. The fourth-order valence-corrected chi connectivity index (χ4v) is 6.18. The molecule has 3 atom stereocenters. The van der Waals surface area contributed by atoms with Gasteiger partial charge in [0, 0.05) is 55.8 Å². The lowest BCUT2D eigenvalue weighted by atomic mass is 10.1. The van der Waals surface area contributed by atoms with Crippen molar-refractivity contribution in [3.63, 3.8) is 0 Å². The number of dihydropyridines is 1. The fourth-order valence-electron chi connectivity index (χ4n) is 5.03. The Morgan fingerprint density at radius 2 is 1.97 bits per heavy atom. The van der Waals surface area contributed by atoms with Crippen LogP contribution in [0.15, 0.2) is 52.7 Å². The molecule has 3 N–H and O–H groups in total. The Bertz CT molecular complexity index is 1120. The van der Waals surface area contributed by atoms with Gasteiger partial charge >= 0.3 is 0 Å².